The molecular formula is C16H18N8O10. The van der Waals surface area contributed by atoms with Crippen LogP contribution in [-0.2, 0) is 33.3 Å². The highest BCUT2D eigenvalue weighted by Gasteiger charge is 2.52. The first-order valence-electron chi connectivity index (χ1n) is 9.42. The molecule has 182 valence electrons. The van der Waals surface area contributed by atoms with Crippen LogP contribution in [0.1, 0.15) is 27.0 Å². The van der Waals surface area contributed by atoms with Crippen molar-refractivity contribution in [2.75, 3.05) is 6.61 Å². The fourth-order valence-electron chi connectivity index (χ4n) is 3.28. The largest absolute Gasteiger partial charge is 0.463 e. The van der Waals surface area contributed by atoms with E-state index >= 15 is 0 Å². The second-order valence-corrected chi connectivity index (χ2v) is 6.93. The Bertz CT molecular complexity index is 1250. The van der Waals surface area contributed by atoms with Crippen molar-refractivity contribution in [1.82, 2.24) is 24.8 Å². The number of hydrogen-bond donors (Lipinski definition) is 2. The summed E-state index contributed by atoms with van der Waals surface area (Å²) in [6.07, 6.45) is -5.57. The second-order valence-electron chi connectivity index (χ2n) is 6.93. The van der Waals surface area contributed by atoms with Gasteiger partial charge in [-0.1, -0.05) is 9.90 Å². The van der Waals surface area contributed by atoms with Gasteiger partial charge in [-0.15, -0.1) is 5.10 Å². The predicted molar refractivity (Wildman–Crippen MR) is 105 cm³/mol. The van der Waals surface area contributed by atoms with E-state index in [9.17, 15) is 29.3 Å². The quantitative estimate of drug-likeness (QED) is 0.112. The zero-order chi connectivity index (χ0) is 25.3. The van der Waals surface area contributed by atoms with E-state index in [1.165, 1.54) is 0 Å². The number of nitrogens with two attached hydrogens (primary N) is 1. The SMILES string of the molecule is CC(=O)OCC1OC(n2nnc3c([N+](=O)[O-])nn(C(=N)N)c3c2=O)C(OC(C)=O)C1OC(C)=O. The second kappa shape index (κ2) is 9.17. The van der Waals surface area contributed by atoms with Gasteiger partial charge in [-0.2, -0.15) is 4.68 Å². The summed E-state index contributed by atoms with van der Waals surface area (Å²) in [4.78, 5) is 58.2. The maximum absolute atomic E-state index is 13.2. The van der Waals surface area contributed by atoms with E-state index in [1.807, 2.05) is 0 Å². The molecule has 0 spiro atoms. The van der Waals surface area contributed by atoms with Gasteiger partial charge < -0.3 is 34.8 Å². The minimum Gasteiger partial charge on any atom is -0.463 e. The van der Waals surface area contributed by atoms with Crippen molar-refractivity contribution < 1.29 is 38.3 Å². The Hall–Kier alpha value is -4.48. The van der Waals surface area contributed by atoms with Crippen LogP contribution in [-0.4, -0.2) is 78.5 Å². The molecule has 0 radical (unpaired) electrons. The van der Waals surface area contributed by atoms with Gasteiger partial charge in [0.2, 0.25) is 11.5 Å². The van der Waals surface area contributed by atoms with Crippen LogP contribution >= 0.6 is 0 Å². The van der Waals surface area contributed by atoms with Gasteiger partial charge in [-0.3, -0.25) is 24.6 Å². The van der Waals surface area contributed by atoms with Crippen molar-refractivity contribution in [3.05, 3.63) is 20.5 Å². The van der Waals surface area contributed by atoms with Crippen LogP contribution in [0.25, 0.3) is 11.0 Å². The van der Waals surface area contributed by atoms with Crippen molar-refractivity contribution in [3.8, 4) is 0 Å². The number of aromatic nitrogens is 5. The molecule has 0 saturated carbocycles. The molecule has 1 fully saturated rings. The maximum Gasteiger partial charge on any atom is 0.419 e. The third kappa shape index (κ3) is 4.51. The molecule has 0 aromatic carbocycles. The first kappa shape index (κ1) is 24.2. The number of nitrogens with zero attached hydrogens (tertiary/aromatic N) is 6. The van der Waals surface area contributed by atoms with Crippen LogP contribution < -0.4 is 11.3 Å². The molecule has 0 bridgehead atoms. The van der Waals surface area contributed by atoms with Crippen LogP contribution in [0.3, 0.4) is 0 Å². The van der Waals surface area contributed by atoms with Gasteiger partial charge in [0.25, 0.3) is 0 Å². The van der Waals surface area contributed by atoms with E-state index in [-0.39, 0.29) is 0 Å². The number of nitrogens with one attached hydrogen (secondary N) is 1. The minimum absolute atomic E-state index is 0.442. The molecule has 3 rings (SSSR count). The van der Waals surface area contributed by atoms with Gasteiger partial charge in [-0.25, -0.2) is 0 Å². The van der Waals surface area contributed by atoms with Crippen molar-refractivity contribution in [3.63, 3.8) is 0 Å². The van der Waals surface area contributed by atoms with Crippen molar-refractivity contribution in [2.24, 2.45) is 5.73 Å². The first-order chi connectivity index (χ1) is 15.9. The average molecular weight is 482 g/mol. The van der Waals surface area contributed by atoms with Gasteiger partial charge in [-0.05, 0) is 4.92 Å². The lowest BCUT2D eigenvalue weighted by atomic mass is 10.1. The number of carbonyl (C=O) groups is 3. The maximum atomic E-state index is 13.2. The number of nitrogen functional groups attached to an aromatic ring is 1. The van der Waals surface area contributed by atoms with Crippen molar-refractivity contribution in [1.29, 1.82) is 5.41 Å². The molecule has 1 aliphatic heterocycles. The van der Waals surface area contributed by atoms with Crippen molar-refractivity contribution in [2.45, 2.75) is 45.3 Å². The highest BCUT2D eigenvalue weighted by molar-refractivity contribution is 5.91. The lowest BCUT2D eigenvalue weighted by Gasteiger charge is -2.23. The molecule has 2 aromatic heterocycles. The van der Waals surface area contributed by atoms with E-state index in [0.29, 0.717) is 9.36 Å². The molecule has 18 nitrogen and oxygen atoms in total. The van der Waals surface area contributed by atoms with Crippen LogP contribution in [0, 0.1) is 15.5 Å². The minimum atomic E-state index is -1.58. The Labute approximate surface area is 188 Å². The summed E-state index contributed by atoms with van der Waals surface area (Å²) in [7, 11) is 0. The van der Waals surface area contributed by atoms with E-state index < -0.39 is 82.3 Å². The molecule has 1 saturated heterocycles. The van der Waals surface area contributed by atoms with Gasteiger partial charge in [0.05, 0.1) is 5.10 Å². The lowest BCUT2D eigenvalue weighted by Crippen LogP contribution is -2.42. The van der Waals surface area contributed by atoms with Crippen LogP contribution in [0.2, 0.25) is 0 Å². The molecule has 4 atom stereocenters. The Morgan fingerprint density at radius 3 is 2.32 bits per heavy atom. The molecule has 34 heavy (non-hydrogen) atoms. The Kier molecular flexibility index (Phi) is 6.52. The highest BCUT2D eigenvalue weighted by atomic mass is 16.7. The molecular weight excluding hydrogens is 464 g/mol. The third-order valence-electron chi connectivity index (χ3n) is 4.48. The van der Waals surface area contributed by atoms with E-state index in [2.05, 4.69) is 15.4 Å². The third-order valence-corrected chi connectivity index (χ3v) is 4.48. The summed E-state index contributed by atoms with van der Waals surface area (Å²) < 4.78 is 22.0. The van der Waals surface area contributed by atoms with Crippen molar-refractivity contribution >= 4 is 40.7 Å². The number of hydrogen-bond acceptors (Lipinski definition) is 14. The molecule has 3 N–H and O–H groups in total. The Morgan fingerprint density at radius 2 is 1.79 bits per heavy atom. The average Bonchev–Trinajstić information content (AvgIpc) is 3.26. The zero-order valence-electron chi connectivity index (χ0n) is 17.9. The van der Waals surface area contributed by atoms with Gasteiger partial charge >= 0.3 is 29.3 Å². The van der Waals surface area contributed by atoms with Crippen LogP contribution in [0.4, 0.5) is 5.82 Å². The van der Waals surface area contributed by atoms with Crippen LogP contribution in [0.5, 0.6) is 0 Å². The number of esters is 3. The van der Waals surface area contributed by atoms with Gasteiger partial charge in [0.1, 0.15) is 12.7 Å². The summed E-state index contributed by atoms with van der Waals surface area (Å²) >= 11 is 0. The lowest BCUT2D eigenvalue weighted by molar-refractivity contribution is -0.388. The first-order valence-corrected chi connectivity index (χ1v) is 9.42. The molecule has 3 heterocycles. The molecule has 1 aliphatic rings. The van der Waals surface area contributed by atoms with Crippen LogP contribution in [0.15, 0.2) is 4.79 Å². The van der Waals surface area contributed by atoms with Gasteiger partial charge in [0.15, 0.2) is 24.0 Å². The predicted octanol–water partition coefficient (Wildman–Crippen LogP) is -2.04. The van der Waals surface area contributed by atoms with E-state index in [1.54, 1.807) is 0 Å². The fraction of sp³-hybridized carbons (Fsp3) is 0.500. The van der Waals surface area contributed by atoms with Gasteiger partial charge in [0, 0.05) is 20.8 Å². The van der Waals surface area contributed by atoms with E-state index in [0.717, 1.165) is 20.8 Å². The topological polar surface area (TPSA) is 247 Å². The summed E-state index contributed by atoms with van der Waals surface area (Å²) in [6.45, 7) is 2.80. The number of fused-ring (bicyclic) bond motifs is 1. The van der Waals surface area contributed by atoms with E-state index in [4.69, 9.17) is 30.1 Å². The number of rotatable bonds is 6. The molecule has 18 heteroatoms. The normalized spacial score (nSPS) is 21.7. The monoisotopic (exact) mass is 482 g/mol. The smallest absolute Gasteiger partial charge is 0.419 e. The summed E-state index contributed by atoms with van der Waals surface area (Å²) in [5.41, 5.74) is 3.15. The zero-order valence-corrected chi connectivity index (χ0v) is 17.9. The summed E-state index contributed by atoms with van der Waals surface area (Å²) in [5.74, 6) is -4.03. The molecule has 0 amide bonds. The summed E-state index contributed by atoms with van der Waals surface area (Å²) in [6, 6.07) is 0. The molecule has 2 aromatic rings. The summed E-state index contributed by atoms with van der Waals surface area (Å²) in [5, 5.41) is 29.6. The Morgan fingerprint density at radius 1 is 1.18 bits per heavy atom. The standard InChI is InChI=1S/C16H18N8O10/c1-5(25)31-4-8-11(32-6(2)26)12(33-7(3)27)15(34-8)23-14(28)10-9(19-21-23)13(24(29)30)20-22(10)16(17)18/h8,11-12,15H,4H2,1-3H3,(H3,17,18). The molecule has 0 aliphatic carbocycles. The Balaban J connectivity index is 2.17. The number of ether oxygens (including phenoxy) is 4. The molecule has 4 unspecified atom stereocenters. The fourth-order valence-corrected chi connectivity index (χ4v) is 3.28. The number of nitro groups is 1. The number of carbonyl (C=O) groups excluding carboxylic acids is 3. The highest BCUT2D eigenvalue weighted by Crippen LogP contribution is 2.33.